The number of nitrogens with two attached hydrogens (primary N) is 1. The lowest BCUT2D eigenvalue weighted by Crippen LogP contribution is -2.28. The number of pyridine rings is 1. The fraction of sp³-hybridized carbons (Fsp3) is 0.179. The largest absolute Gasteiger partial charge is 0.366 e. The average Bonchev–Trinajstić information content (AvgIpc) is 3.48. The van der Waals surface area contributed by atoms with E-state index in [1.165, 1.54) is 17.1 Å². The monoisotopic (exact) mass is 556 g/mol. The number of primary amides is 1. The fourth-order valence-corrected chi connectivity index (χ4v) is 4.70. The van der Waals surface area contributed by atoms with Gasteiger partial charge in [0.15, 0.2) is 0 Å². The normalized spacial score (nSPS) is 15.4. The Morgan fingerprint density at radius 1 is 1.12 bits per heavy atom. The number of hydrogen-bond acceptors (Lipinski definition) is 7. The van der Waals surface area contributed by atoms with Crippen LogP contribution in [0.4, 0.5) is 5.69 Å². The molecule has 4 aromatic rings. The molecule has 40 heavy (non-hydrogen) atoms. The summed E-state index contributed by atoms with van der Waals surface area (Å²) in [7, 11) is 0. The number of rotatable bonds is 5. The SMILES string of the molecule is NC(=O)c1ccc2c(c1)NC(=O)CCCC[C@H](NC(=O)C=Cc1cc(Cl)ccc1-n1cnnn1)c1cc-2ccn1. The number of anilines is 1. The summed E-state index contributed by atoms with van der Waals surface area (Å²) in [6.45, 7) is 0. The third kappa shape index (κ3) is 6.21. The summed E-state index contributed by atoms with van der Waals surface area (Å²) in [5, 5.41) is 17.7. The minimum Gasteiger partial charge on any atom is -0.366 e. The van der Waals surface area contributed by atoms with Crippen LogP contribution in [0.25, 0.3) is 22.9 Å². The molecule has 2 aromatic carbocycles. The van der Waals surface area contributed by atoms with E-state index in [9.17, 15) is 14.4 Å². The molecule has 3 heterocycles. The Labute approximate surface area is 234 Å². The van der Waals surface area contributed by atoms with Crippen molar-refractivity contribution in [2.24, 2.45) is 5.73 Å². The van der Waals surface area contributed by atoms with E-state index in [0.717, 1.165) is 5.56 Å². The first-order valence-corrected chi connectivity index (χ1v) is 13.0. The van der Waals surface area contributed by atoms with Gasteiger partial charge < -0.3 is 16.4 Å². The Balaban J connectivity index is 1.43. The number of halogens is 1. The van der Waals surface area contributed by atoms with Crippen molar-refractivity contribution in [3.05, 3.63) is 89.0 Å². The Hall–Kier alpha value is -4.90. The average molecular weight is 557 g/mol. The van der Waals surface area contributed by atoms with E-state index in [4.69, 9.17) is 17.3 Å². The van der Waals surface area contributed by atoms with Gasteiger partial charge >= 0.3 is 0 Å². The number of nitrogens with one attached hydrogen (secondary N) is 2. The van der Waals surface area contributed by atoms with E-state index in [1.54, 1.807) is 48.7 Å². The zero-order valence-electron chi connectivity index (χ0n) is 21.3. The van der Waals surface area contributed by atoms with Crippen molar-refractivity contribution in [2.45, 2.75) is 31.7 Å². The van der Waals surface area contributed by atoms with E-state index < -0.39 is 11.9 Å². The first-order chi connectivity index (χ1) is 19.4. The maximum Gasteiger partial charge on any atom is 0.248 e. The molecular formula is C28H25ClN8O3. The first kappa shape index (κ1) is 26.7. The predicted molar refractivity (Wildman–Crippen MR) is 149 cm³/mol. The number of carbonyl (C=O) groups excluding carboxylic acids is 3. The number of amides is 3. The second-order valence-electron chi connectivity index (χ2n) is 9.24. The third-order valence-electron chi connectivity index (χ3n) is 6.49. The van der Waals surface area contributed by atoms with Crippen LogP contribution in [0.15, 0.2) is 67.1 Å². The molecule has 2 bridgehead atoms. The molecule has 202 valence electrons. The molecule has 0 unspecified atom stereocenters. The van der Waals surface area contributed by atoms with E-state index in [-0.39, 0.29) is 18.2 Å². The Morgan fingerprint density at radius 2 is 2.00 bits per heavy atom. The van der Waals surface area contributed by atoms with Gasteiger partial charge in [-0.1, -0.05) is 24.1 Å². The van der Waals surface area contributed by atoms with E-state index in [0.29, 0.717) is 58.0 Å². The topological polar surface area (TPSA) is 158 Å². The lowest BCUT2D eigenvalue weighted by molar-refractivity contribution is -0.118. The van der Waals surface area contributed by atoms with Crippen molar-refractivity contribution in [3.8, 4) is 16.8 Å². The van der Waals surface area contributed by atoms with Gasteiger partial charge in [-0.3, -0.25) is 19.4 Å². The van der Waals surface area contributed by atoms with Gasteiger partial charge in [0, 0.05) is 46.1 Å². The van der Waals surface area contributed by atoms with Crippen LogP contribution in [0.1, 0.15) is 53.3 Å². The molecule has 0 saturated carbocycles. The molecule has 1 aliphatic heterocycles. The van der Waals surface area contributed by atoms with Crippen molar-refractivity contribution in [2.75, 3.05) is 5.32 Å². The van der Waals surface area contributed by atoms with E-state index in [2.05, 4.69) is 31.1 Å². The zero-order valence-corrected chi connectivity index (χ0v) is 22.0. The van der Waals surface area contributed by atoms with Crippen molar-refractivity contribution in [3.63, 3.8) is 0 Å². The van der Waals surface area contributed by atoms with Crippen LogP contribution in [0, 0.1) is 0 Å². The molecule has 12 heteroatoms. The molecule has 1 aliphatic rings. The molecule has 3 amide bonds. The molecule has 0 fully saturated rings. The van der Waals surface area contributed by atoms with Crippen molar-refractivity contribution in [1.82, 2.24) is 30.5 Å². The van der Waals surface area contributed by atoms with E-state index >= 15 is 0 Å². The van der Waals surface area contributed by atoms with Gasteiger partial charge in [0.1, 0.15) is 6.33 Å². The van der Waals surface area contributed by atoms with Crippen LogP contribution in [-0.4, -0.2) is 42.9 Å². The molecule has 1 atom stereocenters. The van der Waals surface area contributed by atoms with Gasteiger partial charge in [0.2, 0.25) is 17.7 Å². The molecule has 11 nitrogen and oxygen atoms in total. The van der Waals surface area contributed by atoms with Gasteiger partial charge in [-0.2, -0.15) is 4.68 Å². The van der Waals surface area contributed by atoms with Crippen LogP contribution in [0.5, 0.6) is 0 Å². The highest BCUT2D eigenvalue weighted by molar-refractivity contribution is 6.30. The standard InChI is InChI=1S/C28H25ClN8O3/c29-20-7-9-25(37-16-32-35-36-37)18(13-20)6-10-27(39)33-22-3-1-2-4-26(38)34-23-15-19(28(30)40)5-8-21(23)17-11-12-31-24(22)14-17/h5-16,22H,1-4H2,(H2,30,40)(H,33,39)(H,34,38)/t22-/m0/s1. The molecule has 0 radical (unpaired) electrons. The highest BCUT2D eigenvalue weighted by Gasteiger charge is 2.19. The number of hydrogen-bond donors (Lipinski definition) is 3. The van der Waals surface area contributed by atoms with Gasteiger partial charge in [0.05, 0.1) is 17.4 Å². The lowest BCUT2D eigenvalue weighted by atomic mass is 9.97. The first-order valence-electron chi connectivity index (χ1n) is 12.6. The van der Waals surface area contributed by atoms with Crippen LogP contribution in [0.3, 0.4) is 0 Å². The van der Waals surface area contributed by atoms with Crippen LogP contribution >= 0.6 is 11.6 Å². The van der Waals surface area contributed by atoms with Gasteiger partial charge in [0.25, 0.3) is 0 Å². The number of carbonyl (C=O) groups is 3. The minimum atomic E-state index is -0.586. The summed E-state index contributed by atoms with van der Waals surface area (Å²) in [5.41, 5.74) is 9.72. The summed E-state index contributed by atoms with van der Waals surface area (Å²) in [6.07, 6.45) is 8.35. The highest BCUT2D eigenvalue weighted by Crippen LogP contribution is 2.32. The highest BCUT2D eigenvalue weighted by atomic mass is 35.5. The summed E-state index contributed by atoms with van der Waals surface area (Å²) >= 11 is 6.19. The van der Waals surface area contributed by atoms with Gasteiger partial charge in [-0.05, 0) is 77.4 Å². The zero-order chi connectivity index (χ0) is 28.1. The molecule has 0 saturated heterocycles. The second-order valence-corrected chi connectivity index (χ2v) is 9.68. The van der Waals surface area contributed by atoms with Crippen LogP contribution in [0.2, 0.25) is 5.02 Å². The van der Waals surface area contributed by atoms with Crippen molar-refractivity contribution < 1.29 is 14.4 Å². The van der Waals surface area contributed by atoms with Gasteiger partial charge in [-0.15, -0.1) is 5.10 Å². The summed E-state index contributed by atoms with van der Waals surface area (Å²) in [6, 6.07) is 13.4. The fourth-order valence-electron chi connectivity index (χ4n) is 4.52. The quantitative estimate of drug-likeness (QED) is 0.315. The smallest absolute Gasteiger partial charge is 0.248 e. The molecule has 0 aliphatic carbocycles. The Kier molecular flexibility index (Phi) is 7.92. The summed E-state index contributed by atoms with van der Waals surface area (Å²) in [5.74, 6) is -1.07. The molecule has 4 N–H and O–H groups in total. The minimum absolute atomic E-state index is 0.166. The van der Waals surface area contributed by atoms with Crippen LogP contribution < -0.4 is 16.4 Å². The predicted octanol–water partition coefficient (Wildman–Crippen LogP) is 3.86. The van der Waals surface area contributed by atoms with Crippen LogP contribution in [-0.2, 0) is 9.59 Å². The maximum atomic E-state index is 13.1. The summed E-state index contributed by atoms with van der Waals surface area (Å²) < 4.78 is 1.48. The molecule has 2 aromatic heterocycles. The lowest BCUT2D eigenvalue weighted by Gasteiger charge is -2.20. The molecule has 0 spiro atoms. The molecule has 5 rings (SSSR count). The van der Waals surface area contributed by atoms with Crippen molar-refractivity contribution in [1.29, 1.82) is 0 Å². The van der Waals surface area contributed by atoms with E-state index in [1.807, 2.05) is 12.1 Å². The molecular weight excluding hydrogens is 532 g/mol. The maximum absolute atomic E-state index is 13.1. The Bertz CT molecular complexity index is 1600. The number of nitrogens with zero attached hydrogens (tertiary/aromatic N) is 5. The third-order valence-corrected chi connectivity index (χ3v) is 6.73. The number of benzene rings is 2. The number of aromatic nitrogens is 5. The second kappa shape index (κ2) is 11.9. The van der Waals surface area contributed by atoms with Gasteiger partial charge in [-0.25, -0.2) is 0 Å². The Morgan fingerprint density at radius 3 is 2.80 bits per heavy atom. The number of tetrazole rings is 1. The van der Waals surface area contributed by atoms with Crippen molar-refractivity contribution >= 4 is 41.1 Å². The summed E-state index contributed by atoms with van der Waals surface area (Å²) in [4.78, 5) is 42.0. The number of fused-ring (bicyclic) bond motifs is 4.